The Morgan fingerprint density at radius 1 is 1.59 bits per heavy atom. The number of hydrogen-bond acceptors (Lipinski definition) is 5. The molecule has 0 spiro atoms. The second kappa shape index (κ2) is 5.97. The topological polar surface area (TPSA) is 141 Å². The van der Waals surface area contributed by atoms with Gasteiger partial charge in [-0.15, -0.1) is 0 Å². The third-order valence-corrected chi connectivity index (χ3v) is 2.12. The van der Waals surface area contributed by atoms with Gasteiger partial charge in [0.1, 0.15) is 6.04 Å². The van der Waals surface area contributed by atoms with Crippen LogP contribution in [0, 0.1) is 0 Å². The van der Waals surface area contributed by atoms with E-state index in [0.717, 1.165) is 0 Å². The summed E-state index contributed by atoms with van der Waals surface area (Å²) >= 11 is 0. The van der Waals surface area contributed by atoms with Crippen molar-refractivity contribution in [3.8, 4) is 0 Å². The molecule has 0 saturated carbocycles. The molecule has 8 nitrogen and oxygen atoms in total. The molecule has 1 amide bonds. The summed E-state index contributed by atoms with van der Waals surface area (Å²) < 4.78 is 0. The standard InChI is InChI=1S/C9H14N4O4/c10-6(1-5-2-11-4-12-5)8(15)13-7(3-14)9(16)17/h2,4,6-7,14H,1,3,10H2,(H,11,12)(H,13,15)(H,16,17)/t6-,7+/m0/s1. The zero-order valence-electron chi connectivity index (χ0n) is 8.96. The van der Waals surface area contributed by atoms with Crippen LogP contribution in [0.2, 0.25) is 0 Å². The Kier molecular flexibility index (Phi) is 4.61. The number of amides is 1. The number of carbonyl (C=O) groups is 2. The van der Waals surface area contributed by atoms with Gasteiger partial charge in [0.15, 0.2) is 0 Å². The molecule has 1 aromatic heterocycles. The van der Waals surface area contributed by atoms with Crippen molar-refractivity contribution in [2.45, 2.75) is 18.5 Å². The first-order chi connectivity index (χ1) is 8.04. The molecule has 6 N–H and O–H groups in total. The summed E-state index contributed by atoms with van der Waals surface area (Å²) in [6.07, 6.45) is 3.23. The van der Waals surface area contributed by atoms with Gasteiger partial charge in [0.2, 0.25) is 5.91 Å². The smallest absolute Gasteiger partial charge is 0.328 e. The van der Waals surface area contributed by atoms with Crippen molar-refractivity contribution in [3.05, 3.63) is 18.2 Å². The number of nitrogens with zero attached hydrogens (tertiary/aromatic N) is 1. The van der Waals surface area contributed by atoms with E-state index in [1.807, 2.05) is 0 Å². The number of imidazole rings is 1. The van der Waals surface area contributed by atoms with Gasteiger partial charge in [-0.3, -0.25) is 4.79 Å². The summed E-state index contributed by atoms with van der Waals surface area (Å²) in [6.45, 7) is -0.684. The summed E-state index contributed by atoms with van der Waals surface area (Å²) in [7, 11) is 0. The number of aliphatic hydroxyl groups is 1. The maximum Gasteiger partial charge on any atom is 0.328 e. The molecule has 2 atom stereocenters. The number of hydrogen-bond donors (Lipinski definition) is 5. The van der Waals surface area contributed by atoms with Crippen molar-refractivity contribution in [2.75, 3.05) is 6.61 Å². The van der Waals surface area contributed by atoms with Crippen molar-refractivity contribution in [1.82, 2.24) is 15.3 Å². The first kappa shape index (κ1) is 13.1. The number of carboxylic acid groups (broad SMARTS) is 1. The summed E-state index contributed by atoms with van der Waals surface area (Å²) in [5.41, 5.74) is 6.17. The minimum Gasteiger partial charge on any atom is -0.480 e. The number of aromatic nitrogens is 2. The lowest BCUT2D eigenvalue weighted by Gasteiger charge is -2.15. The van der Waals surface area contributed by atoms with E-state index in [-0.39, 0.29) is 6.42 Å². The third-order valence-electron chi connectivity index (χ3n) is 2.12. The zero-order chi connectivity index (χ0) is 12.8. The van der Waals surface area contributed by atoms with Gasteiger partial charge in [0.05, 0.1) is 24.7 Å². The first-order valence-electron chi connectivity index (χ1n) is 4.92. The van der Waals surface area contributed by atoms with Gasteiger partial charge < -0.3 is 26.2 Å². The molecule has 0 radical (unpaired) electrons. The van der Waals surface area contributed by atoms with Crippen LogP contribution in [0.1, 0.15) is 5.69 Å². The molecule has 8 heteroatoms. The number of nitrogens with one attached hydrogen (secondary N) is 2. The molecule has 1 aromatic rings. The van der Waals surface area contributed by atoms with Gasteiger partial charge in [0.25, 0.3) is 0 Å². The maximum atomic E-state index is 11.5. The fourth-order valence-electron chi connectivity index (χ4n) is 1.18. The molecular weight excluding hydrogens is 228 g/mol. The summed E-state index contributed by atoms with van der Waals surface area (Å²) in [6, 6.07) is -2.25. The van der Waals surface area contributed by atoms with Crippen molar-refractivity contribution in [3.63, 3.8) is 0 Å². The highest BCUT2D eigenvalue weighted by Crippen LogP contribution is 1.97. The maximum absolute atomic E-state index is 11.5. The normalized spacial score (nSPS) is 14.0. The number of aromatic amines is 1. The van der Waals surface area contributed by atoms with Gasteiger partial charge in [-0.1, -0.05) is 0 Å². The Bertz CT molecular complexity index is 378. The van der Waals surface area contributed by atoms with Crippen molar-refractivity contribution in [2.24, 2.45) is 5.73 Å². The predicted molar refractivity (Wildman–Crippen MR) is 56.9 cm³/mol. The minimum atomic E-state index is -1.34. The molecule has 0 aliphatic rings. The number of H-pyrrole nitrogens is 1. The Hall–Kier alpha value is -1.93. The van der Waals surface area contributed by atoms with Gasteiger partial charge in [-0.05, 0) is 0 Å². The molecule has 0 saturated heterocycles. The predicted octanol–water partition coefficient (Wildman–Crippen LogP) is -2.16. The lowest BCUT2D eigenvalue weighted by Crippen LogP contribution is -2.50. The Balaban J connectivity index is 2.49. The average Bonchev–Trinajstić information content (AvgIpc) is 2.77. The lowest BCUT2D eigenvalue weighted by molar-refractivity contribution is -0.143. The number of carboxylic acids is 1. The molecule has 1 heterocycles. The highest BCUT2D eigenvalue weighted by atomic mass is 16.4. The van der Waals surface area contributed by atoms with E-state index in [1.54, 1.807) is 6.20 Å². The van der Waals surface area contributed by atoms with E-state index < -0.39 is 30.6 Å². The van der Waals surface area contributed by atoms with Gasteiger partial charge >= 0.3 is 5.97 Å². The van der Waals surface area contributed by atoms with Crippen LogP contribution in [0.4, 0.5) is 0 Å². The molecule has 0 fully saturated rings. The number of rotatable bonds is 6. The van der Waals surface area contributed by atoms with E-state index >= 15 is 0 Å². The number of aliphatic hydroxyl groups excluding tert-OH is 1. The SMILES string of the molecule is N[C@@H](Cc1c[nH]cn1)C(=O)N[C@H](CO)C(=O)O. The van der Waals surface area contributed by atoms with Crippen LogP contribution in [-0.4, -0.2) is 50.7 Å². The van der Waals surface area contributed by atoms with E-state index in [4.69, 9.17) is 15.9 Å². The Labute approximate surface area is 96.9 Å². The van der Waals surface area contributed by atoms with Gasteiger partial charge in [-0.2, -0.15) is 0 Å². The van der Waals surface area contributed by atoms with E-state index in [2.05, 4.69) is 15.3 Å². The highest BCUT2D eigenvalue weighted by Gasteiger charge is 2.22. The number of aliphatic carboxylic acids is 1. The van der Waals surface area contributed by atoms with E-state index in [1.165, 1.54) is 6.33 Å². The van der Waals surface area contributed by atoms with Crippen LogP contribution in [-0.2, 0) is 16.0 Å². The fraction of sp³-hybridized carbons (Fsp3) is 0.444. The van der Waals surface area contributed by atoms with Crippen LogP contribution < -0.4 is 11.1 Å². The average molecular weight is 242 g/mol. The zero-order valence-corrected chi connectivity index (χ0v) is 8.96. The molecule has 94 valence electrons. The number of carbonyl (C=O) groups excluding carboxylic acids is 1. The minimum absolute atomic E-state index is 0.188. The van der Waals surface area contributed by atoms with Crippen molar-refractivity contribution >= 4 is 11.9 Å². The van der Waals surface area contributed by atoms with Crippen molar-refractivity contribution < 1.29 is 19.8 Å². The Morgan fingerprint density at radius 2 is 2.29 bits per heavy atom. The fourth-order valence-corrected chi connectivity index (χ4v) is 1.18. The van der Waals surface area contributed by atoms with Gasteiger partial charge in [0, 0.05) is 12.6 Å². The highest BCUT2D eigenvalue weighted by molar-refractivity contribution is 5.86. The van der Waals surface area contributed by atoms with E-state index in [9.17, 15) is 9.59 Å². The molecule has 0 aliphatic carbocycles. The molecule has 17 heavy (non-hydrogen) atoms. The Morgan fingerprint density at radius 3 is 2.76 bits per heavy atom. The van der Waals surface area contributed by atoms with Gasteiger partial charge in [-0.25, -0.2) is 9.78 Å². The molecule has 0 bridgehead atoms. The molecule has 0 unspecified atom stereocenters. The van der Waals surface area contributed by atoms with Crippen LogP contribution in [0.25, 0.3) is 0 Å². The lowest BCUT2D eigenvalue weighted by atomic mass is 10.1. The number of nitrogens with two attached hydrogens (primary N) is 1. The molecule has 1 rings (SSSR count). The summed E-state index contributed by atoms with van der Waals surface area (Å²) in [5.74, 6) is -1.96. The van der Waals surface area contributed by atoms with Crippen LogP contribution >= 0.6 is 0 Å². The van der Waals surface area contributed by atoms with Crippen LogP contribution in [0.5, 0.6) is 0 Å². The molecule has 0 aliphatic heterocycles. The van der Waals surface area contributed by atoms with E-state index in [0.29, 0.717) is 5.69 Å². The quantitative estimate of drug-likeness (QED) is 0.385. The third kappa shape index (κ3) is 3.85. The van der Waals surface area contributed by atoms with Crippen molar-refractivity contribution in [1.29, 1.82) is 0 Å². The molecule has 0 aromatic carbocycles. The summed E-state index contributed by atoms with van der Waals surface area (Å²) in [5, 5.41) is 19.5. The molecular formula is C9H14N4O4. The largest absolute Gasteiger partial charge is 0.480 e. The van der Waals surface area contributed by atoms with Crippen LogP contribution in [0.15, 0.2) is 12.5 Å². The second-order valence-corrected chi connectivity index (χ2v) is 3.45. The second-order valence-electron chi connectivity index (χ2n) is 3.45. The van der Waals surface area contributed by atoms with Crippen LogP contribution in [0.3, 0.4) is 0 Å². The summed E-state index contributed by atoms with van der Waals surface area (Å²) in [4.78, 5) is 28.7. The first-order valence-corrected chi connectivity index (χ1v) is 4.92. The monoisotopic (exact) mass is 242 g/mol.